The number of carboxylic acids is 1. The second-order valence-corrected chi connectivity index (χ2v) is 11.6. The fraction of sp³-hybridized carbons (Fsp3) is 0.467. The van der Waals surface area contributed by atoms with Crippen molar-refractivity contribution in [1.29, 1.82) is 0 Å². The number of phenolic OH excluding ortho intramolecular Hbond substituents is 4. The summed E-state index contributed by atoms with van der Waals surface area (Å²) in [5.41, 5.74) is -0.0530. The van der Waals surface area contributed by atoms with E-state index in [4.69, 9.17) is 28.8 Å². The molecule has 2 saturated heterocycles. The number of aliphatic hydroxyl groups is 8. The van der Waals surface area contributed by atoms with Gasteiger partial charge in [0.1, 0.15) is 78.9 Å². The smallest absolute Gasteiger partial charge is 0.317 e. The van der Waals surface area contributed by atoms with Crippen LogP contribution in [0.1, 0.15) is 23.7 Å². The van der Waals surface area contributed by atoms with E-state index in [1.54, 1.807) is 0 Å². The third kappa shape index (κ3) is 7.43. The van der Waals surface area contributed by atoms with Crippen molar-refractivity contribution in [2.24, 2.45) is 0 Å². The van der Waals surface area contributed by atoms with E-state index in [9.17, 15) is 65.8 Å². The van der Waals surface area contributed by atoms with Crippen LogP contribution in [0.3, 0.4) is 0 Å². The van der Waals surface area contributed by atoms with E-state index in [-0.39, 0.29) is 28.4 Å². The fourth-order valence-electron chi connectivity index (χ4n) is 5.42. The number of aliphatic carboxylic acids is 1. The van der Waals surface area contributed by atoms with Crippen molar-refractivity contribution < 1.29 is 99.3 Å². The Morgan fingerprint density at radius 1 is 0.760 bits per heavy atom. The van der Waals surface area contributed by atoms with Gasteiger partial charge in [-0.05, 0) is 12.1 Å². The average molecular weight is 716 g/mol. The molecule has 11 atom stereocenters. The van der Waals surface area contributed by atoms with Gasteiger partial charge < -0.3 is 89.7 Å². The maximum absolute atomic E-state index is 11.8. The highest BCUT2D eigenvalue weighted by Crippen LogP contribution is 2.48. The van der Waals surface area contributed by atoms with Crippen molar-refractivity contribution in [2.75, 3.05) is 13.2 Å². The molecule has 3 heterocycles. The van der Waals surface area contributed by atoms with Gasteiger partial charge in [-0.2, -0.15) is 0 Å². The molecule has 0 bridgehead atoms. The number of phenols is 4. The van der Waals surface area contributed by atoms with Crippen molar-refractivity contribution in [3.05, 3.63) is 41.2 Å². The Morgan fingerprint density at radius 2 is 1.34 bits per heavy atom. The normalized spacial score (nSPS) is 32.2. The lowest BCUT2D eigenvalue weighted by Crippen LogP contribution is -2.60. The Bertz CT molecular complexity index is 1590. The van der Waals surface area contributed by atoms with E-state index in [1.807, 2.05) is 0 Å². The Hall–Kier alpha value is -4.64. The number of esters is 1. The molecule has 2 aromatic rings. The van der Waals surface area contributed by atoms with Crippen LogP contribution in [-0.4, -0.2) is 153 Å². The SMILES string of the molecule is O=C(O)CC(=O)OCC1OC(OC2=Cc3c(OC4OC(CO)C(O)C(O)C4O)cc(O)cc3[OH+]C2c2cc(O)c(O)c(O)c2)C(O)C(O)C1O. The summed E-state index contributed by atoms with van der Waals surface area (Å²) >= 11 is 0. The molecule has 20 nitrogen and oxygen atoms in total. The van der Waals surface area contributed by atoms with Gasteiger partial charge in [0.25, 0.3) is 11.9 Å². The second-order valence-electron chi connectivity index (χ2n) is 11.6. The molecule has 0 aromatic heterocycles. The maximum atomic E-state index is 11.8. The molecule has 13 N–H and O–H groups in total. The number of benzene rings is 2. The summed E-state index contributed by atoms with van der Waals surface area (Å²) in [5.74, 6) is -6.16. The predicted octanol–water partition coefficient (Wildman–Crippen LogP) is -3.13. The highest BCUT2D eigenvalue weighted by Gasteiger charge is 2.48. The predicted molar refractivity (Wildman–Crippen MR) is 157 cm³/mol. The van der Waals surface area contributed by atoms with E-state index < -0.39 is 122 Å². The molecule has 274 valence electrons. The van der Waals surface area contributed by atoms with Crippen LogP contribution in [0.25, 0.3) is 6.08 Å². The molecule has 3 aliphatic rings. The Morgan fingerprint density at radius 3 is 1.94 bits per heavy atom. The first-order chi connectivity index (χ1) is 23.6. The molecule has 2 aromatic carbocycles. The summed E-state index contributed by atoms with van der Waals surface area (Å²) in [6.45, 7) is -1.54. The number of ether oxygens (including phenoxy) is 6. The Labute approximate surface area is 280 Å². The molecule has 20 heteroatoms. The minimum absolute atomic E-state index is 0.0109. The summed E-state index contributed by atoms with van der Waals surface area (Å²) in [6.07, 6.45) is -18.9. The molecular weight excluding hydrogens is 680 g/mol. The van der Waals surface area contributed by atoms with Gasteiger partial charge in [-0.15, -0.1) is 0 Å². The zero-order valence-electron chi connectivity index (χ0n) is 25.5. The lowest BCUT2D eigenvalue weighted by atomic mass is 9.98. The van der Waals surface area contributed by atoms with Crippen LogP contribution >= 0.6 is 0 Å². The maximum Gasteiger partial charge on any atom is 0.317 e. The summed E-state index contributed by atoms with van der Waals surface area (Å²) in [5, 5.41) is 122. The fourth-order valence-corrected chi connectivity index (χ4v) is 5.42. The number of rotatable bonds is 10. The van der Waals surface area contributed by atoms with Crippen LogP contribution < -0.4 is 4.74 Å². The Balaban J connectivity index is 1.52. The zero-order valence-corrected chi connectivity index (χ0v) is 25.5. The third-order valence-electron chi connectivity index (χ3n) is 8.05. The monoisotopic (exact) mass is 715 g/mol. The molecule has 0 spiro atoms. The van der Waals surface area contributed by atoms with Crippen LogP contribution in [-0.2, 0) is 28.5 Å². The second kappa shape index (κ2) is 14.7. The first kappa shape index (κ1) is 36.6. The van der Waals surface area contributed by atoms with E-state index in [1.165, 1.54) is 6.08 Å². The van der Waals surface area contributed by atoms with Crippen molar-refractivity contribution in [3.8, 4) is 34.5 Å². The number of fused-ring (bicyclic) bond motifs is 1. The molecule has 0 saturated carbocycles. The first-order valence-electron chi connectivity index (χ1n) is 14.8. The molecular formula is C30H35O20+. The topological polar surface area (TPSA) is 336 Å². The van der Waals surface area contributed by atoms with Gasteiger partial charge in [-0.1, -0.05) is 0 Å². The summed E-state index contributed by atoms with van der Waals surface area (Å²) in [7, 11) is 0. The van der Waals surface area contributed by atoms with E-state index in [0.29, 0.717) is 0 Å². The van der Waals surface area contributed by atoms with E-state index >= 15 is 0 Å². The number of aliphatic hydroxyl groups excluding tert-OH is 7. The number of carbonyl (C=O) groups is 2. The minimum atomic E-state index is -1.98. The number of hydrogen-bond acceptors (Lipinski definition) is 18. The van der Waals surface area contributed by atoms with Gasteiger partial charge in [-0.25, -0.2) is 0 Å². The van der Waals surface area contributed by atoms with Crippen LogP contribution in [0.15, 0.2) is 30.0 Å². The molecule has 11 unspecified atom stereocenters. The lowest BCUT2D eigenvalue weighted by Gasteiger charge is -2.41. The molecule has 5 rings (SSSR count). The zero-order chi connectivity index (χ0) is 36.6. The van der Waals surface area contributed by atoms with Crippen molar-refractivity contribution in [3.63, 3.8) is 0 Å². The summed E-state index contributed by atoms with van der Waals surface area (Å²) in [4.78, 5) is 22.6. The van der Waals surface area contributed by atoms with Gasteiger partial charge in [0.05, 0.1) is 18.2 Å². The number of aromatic hydroxyl groups is 5. The standard InChI is InChI=1S/C30H34O20/c31-7-17-22(39)24(41)26(43)29(49-17)47-15-4-10(32)3-14-11(15)5-16(28(46-14)9-1-12(33)21(38)13(34)2-9)48-30-27(44)25(42)23(40)18(50-30)8-45-20(37)6-19(35)36/h1-5,17-18,22-34,38-44H,6-8H2,(H,35,36)/p+1. The number of carboxylic acid groups (broad SMARTS) is 1. The van der Waals surface area contributed by atoms with Crippen LogP contribution in [0.2, 0.25) is 0 Å². The summed E-state index contributed by atoms with van der Waals surface area (Å²) < 4.78 is 32.0. The van der Waals surface area contributed by atoms with E-state index in [0.717, 1.165) is 24.3 Å². The van der Waals surface area contributed by atoms with Crippen LogP contribution in [0.4, 0.5) is 0 Å². The largest absolute Gasteiger partial charge is 0.571 e. The van der Waals surface area contributed by atoms with Crippen molar-refractivity contribution in [1.82, 2.24) is 0 Å². The molecule has 0 radical (unpaired) electrons. The number of carbonyl (C=O) groups excluding carboxylic acids is 1. The lowest BCUT2D eigenvalue weighted by molar-refractivity contribution is -0.296. The highest BCUT2D eigenvalue weighted by molar-refractivity contribution is 5.90. The minimum Gasteiger partial charge on any atom is -0.571 e. The van der Waals surface area contributed by atoms with Crippen LogP contribution in [0, 0.1) is 0 Å². The van der Waals surface area contributed by atoms with Gasteiger partial charge in [0.2, 0.25) is 12.6 Å². The van der Waals surface area contributed by atoms with Gasteiger partial charge in [0.15, 0.2) is 23.0 Å². The molecule has 3 aliphatic heterocycles. The number of hydrogen-bond donors (Lipinski definition) is 12. The molecule has 50 heavy (non-hydrogen) atoms. The first-order valence-corrected chi connectivity index (χ1v) is 14.8. The average Bonchev–Trinajstić information content (AvgIpc) is 3.06. The van der Waals surface area contributed by atoms with Gasteiger partial charge in [0, 0.05) is 12.1 Å². The quantitative estimate of drug-likeness (QED) is 0.0500. The Kier molecular flexibility index (Phi) is 10.8. The highest BCUT2D eigenvalue weighted by atomic mass is 16.7. The summed E-state index contributed by atoms with van der Waals surface area (Å²) in [6, 6.07) is 4.21. The molecule has 2 fully saturated rings. The van der Waals surface area contributed by atoms with Gasteiger partial charge >= 0.3 is 11.9 Å². The third-order valence-corrected chi connectivity index (χ3v) is 8.05. The molecule has 0 aliphatic carbocycles. The van der Waals surface area contributed by atoms with Crippen LogP contribution in [0.5, 0.6) is 34.5 Å². The van der Waals surface area contributed by atoms with Crippen molar-refractivity contribution >= 4 is 18.0 Å². The molecule has 0 amide bonds. The van der Waals surface area contributed by atoms with E-state index in [2.05, 4.69) is 4.74 Å². The van der Waals surface area contributed by atoms with Crippen molar-refractivity contribution in [2.45, 2.75) is 73.9 Å². The van der Waals surface area contributed by atoms with Gasteiger partial charge in [-0.3, -0.25) is 9.59 Å².